The number of carbonyl (C=O) groups is 2. The maximum absolute atomic E-state index is 12.6. The van der Waals surface area contributed by atoms with E-state index in [1.54, 1.807) is 12.1 Å². The average molecular weight is 372 g/mol. The van der Waals surface area contributed by atoms with Gasteiger partial charge in [-0.1, -0.05) is 25.1 Å². The Kier molecular flexibility index (Phi) is 4.82. The first-order valence-corrected chi connectivity index (χ1v) is 9.99. The van der Waals surface area contributed by atoms with Crippen molar-refractivity contribution in [1.82, 2.24) is 0 Å². The molecule has 7 heteroatoms. The number of hydrogen-bond donors (Lipinski definition) is 1. The smallest absolute Gasteiger partial charge is 0.255 e. The lowest BCUT2D eigenvalue weighted by atomic mass is 10.1. The van der Waals surface area contributed by atoms with Crippen LogP contribution in [0.15, 0.2) is 42.5 Å². The molecule has 1 N–H and O–H groups in total. The molecule has 0 unspecified atom stereocenters. The molecule has 2 aromatic rings. The van der Waals surface area contributed by atoms with E-state index in [0.717, 1.165) is 21.9 Å². The van der Waals surface area contributed by atoms with Crippen molar-refractivity contribution in [3.8, 4) is 0 Å². The molecule has 1 fully saturated rings. The Balaban J connectivity index is 1.89. The van der Waals surface area contributed by atoms with Crippen LogP contribution in [0.3, 0.4) is 0 Å². The monoisotopic (exact) mass is 372 g/mol. The van der Waals surface area contributed by atoms with Crippen LogP contribution >= 0.6 is 0 Å². The fourth-order valence-corrected chi connectivity index (χ4v) is 4.31. The Morgan fingerprint density at radius 1 is 1.19 bits per heavy atom. The van der Waals surface area contributed by atoms with E-state index in [1.165, 1.54) is 12.1 Å². The number of nitrogens with zero attached hydrogens (tertiary/aromatic N) is 1. The molecular weight excluding hydrogens is 352 g/mol. The minimum absolute atomic E-state index is 0.0399. The quantitative estimate of drug-likeness (QED) is 0.894. The highest BCUT2D eigenvalue weighted by Crippen LogP contribution is 2.26. The maximum atomic E-state index is 12.6. The summed E-state index contributed by atoms with van der Waals surface area (Å²) in [5.41, 5.74) is 3.24. The summed E-state index contributed by atoms with van der Waals surface area (Å²) in [5, 5.41) is 2.86. The van der Waals surface area contributed by atoms with E-state index in [9.17, 15) is 18.0 Å². The Morgan fingerprint density at radius 2 is 1.96 bits per heavy atom. The molecule has 0 aliphatic carbocycles. The van der Waals surface area contributed by atoms with Gasteiger partial charge in [0.05, 0.1) is 11.4 Å². The van der Waals surface area contributed by atoms with Gasteiger partial charge < -0.3 is 5.32 Å². The third-order valence-electron chi connectivity index (χ3n) is 4.38. The van der Waals surface area contributed by atoms with Crippen LogP contribution in [0.1, 0.15) is 34.8 Å². The number of carbonyl (C=O) groups excluding carboxylic acids is 2. The van der Waals surface area contributed by atoms with Crippen LogP contribution in [0.4, 0.5) is 11.4 Å². The molecule has 136 valence electrons. The highest BCUT2D eigenvalue weighted by molar-refractivity contribution is 7.94. The third kappa shape index (κ3) is 3.48. The van der Waals surface area contributed by atoms with Gasteiger partial charge >= 0.3 is 0 Å². The van der Waals surface area contributed by atoms with Crippen molar-refractivity contribution in [2.75, 3.05) is 15.4 Å². The van der Waals surface area contributed by atoms with E-state index in [2.05, 4.69) is 5.32 Å². The summed E-state index contributed by atoms with van der Waals surface area (Å²) in [6.45, 7) is 3.94. The summed E-state index contributed by atoms with van der Waals surface area (Å²) in [4.78, 5) is 24.5. The normalized spacial score (nSPS) is 15.9. The van der Waals surface area contributed by atoms with Crippen molar-refractivity contribution in [1.29, 1.82) is 0 Å². The summed E-state index contributed by atoms with van der Waals surface area (Å²) in [5.74, 6) is -1.04. The van der Waals surface area contributed by atoms with Crippen LogP contribution in [-0.2, 0) is 21.2 Å². The van der Waals surface area contributed by atoms with Gasteiger partial charge in [0.1, 0.15) is 0 Å². The summed E-state index contributed by atoms with van der Waals surface area (Å²) in [7, 11) is -3.65. The molecular formula is C19H20N2O4S. The number of hydrogen-bond acceptors (Lipinski definition) is 4. The molecule has 2 aromatic carbocycles. The molecule has 3 rings (SSSR count). The number of rotatable bonds is 4. The van der Waals surface area contributed by atoms with E-state index in [1.807, 2.05) is 32.0 Å². The van der Waals surface area contributed by atoms with Crippen molar-refractivity contribution < 1.29 is 18.0 Å². The highest BCUT2D eigenvalue weighted by atomic mass is 32.2. The molecule has 1 aliphatic heterocycles. The van der Waals surface area contributed by atoms with E-state index >= 15 is 0 Å². The van der Waals surface area contributed by atoms with Crippen LogP contribution in [0, 0.1) is 6.92 Å². The zero-order valence-electron chi connectivity index (χ0n) is 14.7. The van der Waals surface area contributed by atoms with Gasteiger partial charge in [-0.05, 0) is 48.7 Å². The van der Waals surface area contributed by atoms with Gasteiger partial charge in [-0.2, -0.15) is 0 Å². The second-order valence-electron chi connectivity index (χ2n) is 6.23. The van der Waals surface area contributed by atoms with E-state index in [0.29, 0.717) is 11.3 Å². The minimum Gasteiger partial charge on any atom is -0.322 e. The molecule has 0 bridgehead atoms. The SMILES string of the molecule is CCc1ccc(C)c(NC(=O)c2cccc(N3C(=O)CCS3(=O)=O)c2)c1. The number of nitrogens with one attached hydrogen (secondary N) is 1. The molecule has 0 saturated carbocycles. The maximum Gasteiger partial charge on any atom is 0.255 e. The lowest BCUT2D eigenvalue weighted by Crippen LogP contribution is -2.29. The van der Waals surface area contributed by atoms with Crippen LogP contribution in [0.25, 0.3) is 0 Å². The van der Waals surface area contributed by atoms with Crippen molar-refractivity contribution in [2.24, 2.45) is 0 Å². The van der Waals surface area contributed by atoms with Gasteiger partial charge in [0.25, 0.3) is 5.91 Å². The summed E-state index contributed by atoms with van der Waals surface area (Å²) in [6.07, 6.45) is 0.815. The zero-order chi connectivity index (χ0) is 18.9. The molecule has 1 saturated heterocycles. The molecule has 0 atom stereocenters. The molecule has 1 heterocycles. The largest absolute Gasteiger partial charge is 0.322 e. The van der Waals surface area contributed by atoms with Gasteiger partial charge in [0.15, 0.2) is 0 Å². The van der Waals surface area contributed by atoms with Gasteiger partial charge in [-0.15, -0.1) is 0 Å². The Labute approximate surface area is 152 Å². The molecule has 6 nitrogen and oxygen atoms in total. The van der Waals surface area contributed by atoms with Crippen molar-refractivity contribution in [3.63, 3.8) is 0 Å². The van der Waals surface area contributed by atoms with Gasteiger partial charge in [-0.3, -0.25) is 9.59 Å². The highest BCUT2D eigenvalue weighted by Gasteiger charge is 2.36. The molecule has 1 aliphatic rings. The van der Waals surface area contributed by atoms with E-state index in [4.69, 9.17) is 0 Å². The lowest BCUT2D eigenvalue weighted by molar-refractivity contribution is -0.116. The number of amides is 2. The standard InChI is InChI=1S/C19H20N2O4S/c1-3-14-8-7-13(2)17(11-14)20-19(23)15-5-4-6-16(12-15)21-18(22)9-10-26(21,24)25/h4-8,11-12H,3,9-10H2,1-2H3,(H,20,23). The summed E-state index contributed by atoms with van der Waals surface area (Å²) < 4.78 is 24.9. The number of benzene rings is 2. The average Bonchev–Trinajstić information content (AvgIpc) is 2.89. The predicted molar refractivity (Wildman–Crippen MR) is 101 cm³/mol. The van der Waals surface area contributed by atoms with E-state index < -0.39 is 15.9 Å². The predicted octanol–water partition coefficient (Wildman–Crippen LogP) is 2.88. The first-order valence-electron chi connectivity index (χ1n) is 8.38. The molecule has 0 spiro atoms. The number of aryl methyl sites for hydroxylation is 2. The molecule has 0 aromatic heterocycles. The van der Waals surface area contributed by atoms with Crippen LogP contribution in [-0.4, -0.2) is 26.0 Å². The minimum atomic E-state index is -3.65. The first kappa shape index (κ1) is 18.1. The topological polar surface area (TPSA) is 83.6 Å². The molecule has 2 amide bonds. The van der Waals surface area contributed by atoms with Crippen LogP contribution in [0.5, 0.6) is 0 Å². The lowest BCUT2D eigenvalue weighted by Gasteiger charge is -2.16. The second-order valence-corrected chi connectivity index (χ2v) is 8.17. The molecule has 0 radical (unpaired) electrons. The van der Waals surface area contributed by atoms with Crippen LogP contribution in [0.2, 0.25) is 0 Å². The van der Waals surface area contributed by atoms with Crippen LogP contribution < -0.4 is 9.62 Å². The molecule has 26 heavy (non-hydrogen) atoms. The van der Waals surface area contributed by atoms with Gasteiger partial charge in [-0.25, -0.2) is 12.7 Å². The van der Waals surface area contributed by atoms with Crippen molar-refractivity contribution in [2.45, 2.75) is 26.7 Å². The number of sulfonamides is 1. The fourth-order valence-electron chi connectivity index (χ4n) is 2.86. The Bertz CT molecular complexity index is 983. The van der Waals surface area contributed by atoms with Gasteiger partial charge in [0.2, 0.25) is 15.9 Å². The zero-order valence-corrected chi connectivity index (χ0v) is 15.5. The number of anilines is 2. The Morgan fingerprint density at radius 3 is 2.62 bits per heavy atom. The second kappa shape index (κ2) is 6.92. The third-order valence-corrected chi connectivity index (χ3v) is 6.07. The summed E-state index contributed by atoms with van der Waals surface area (Å²) >= 11 is 0. The summed E-state index contributed by atoms with van der Waals surface area (Å²) in [6, 6.07) is 12.0. The van der Waals surface area contributed by atoms with Gasteiger partial charge in [0, 0.05) is 17.7 Å². The fraction of sp³-hybridized carbons (Fsp3) is 0.263. The van der Waals surface area contributed by atoms with Crippen molar-refractivity contribution >= 4 is 33.2 Å². The Hall–Kier alpha value is -2.67. The van der Waals surface area contributed by atoms with Crippen molar-refractivity contribution in [3.05, 3.63) is 59.2 Å². The van der Waals surface area contributed by atoms with E-state index in [-0.39, 0.29) is 23.8 Å². The first-order chi connectivity index (χ1) is 12.3.